The van der Waals surface area contributed by atoms with Crippen molar-refractivity contribution in [3.8, 4) is 0 Å². The van der Waals surface area contributed by atoms with Gasteiger partial charge in [-0.2, -0.15) is 0 Å². The van der Waals surface area contributed by atoms with Gasteiger partial charge in [-0.05, 0) is 26.7 Å². The summed E-state index contributed by atoms with van der Waals surface area (Å²) in [6.07, 6.45) is 7.52. The Morgan fingerprint density at radius 2 is 1.88 bits per heavy atom. The van der Waals surface area contributed by atoms with E-state index in [0.29, 0.717) is 0 Å². The van der Waals surface area contributed by atoms with Gasteiger partial charge in [0.05, 0.1) is 17.6 Å². The van der Waals surface area contributed by atoms with Gasteiger partial charge in [-0.15, -0.1) is 0 Å². The van der Waals surface area contributed by atoms with Gasteiger partial charge in [-0.3, -0.25) is 14.6 Å². The van der Waals surface area contributed by atoms with E-state index >= 15 is 0 Å². The molecule has 1 aliphatic carbocycles. The van der Waals surface area contributed by atoms with Crippen molar-refractivity contribution < 1.29 is 19.5 Å². The average molecular weight is 362 g/mol. The average Bonchev–Trinajstić information content (AvgIpc) is 2.56. The van der Waals surface area contributed by atoms with Crippen molar-refractivity contribution in [2.45, 2.75) is 57.9 Å². The second-order valence-electron chi connectivity index (χ2n) is 7.39. The smallest absolute Gasteiger partial charge is 0.339 e. The summed E-state index contributed by atoms with van der Waals surface area (Å²) in [7, 11) is 0. The molecule has 1 fully saturated rings. The Labute approximate surface area is 152 Å². The van der Waals surface area contributed by atoms with Gasteiger partial charge in [-0.1, -0.05) is 19.3 Å². The first-order chi connectivity index (χ1) is 12.2. The molecule has 1 saturated carbocycles. The number of aromatic nitrogens is 1. The van der Waals surface area contributed by atoms with Crippen LogP contribution in [-0.4, -0.2) is 33.4 Å². The van der Waals surface area contributed by atoms with E-state index in [9.17, 15) is 14.4 Å². The number of nitrogen functional groups attached to an aromatic ring is 1. The highest BCUT2D eigenvalue weighted by molar-refractivity contribution is 6.01. The number of nitrogens with two attached hydrogens (primary N) is 1. The van der Waals surface area contributed by atoms with Crippen LogP contribution in [0.5, 0.6) is 0 Å². The molecule has 8 heteroatoms. The summed E-state index contributed by atoms with van der Waals surface area (Å²) >= 11 is 0. The van der Waals surface area contributed by atoms with Gasteiger partial charge in [0.2, 0.25) is 11.8 Å². The van der Waals surface area contributed by atoms with Crippen molar-refractivity contribution in [2.24, 2.45) is 5.92 Å². The Kier molecular flexibility index (Phi) is 6.18. The van der Waals surface area contributed by atoms with Crippen LogP contribution in [0.2, 0.25) is 0 Å². The SMILES string of the molecule is CC(C)(CC(=O)Nc1cncc(C(=O)O)c1N)NC(=O)C1CCCCC1. The van der Waals surface area contributed by atoms with E-state index in [4.69, 9.17) is 10.8 Å². The fourth-order valence-corrected chi connectivity index (χ4v) is 3.18. The van der Waals surface area contributed by atoms with Crippen LogP contribution >= 0.6 is 0 Å². The van der Waals surface area contributed by atoms with Crippen LogP contribution in [0.1, 0.15) is 62.7 Å². The number of carboxylic acid groups (broad SMARTS) is 1. The molecule has 1 aromatic heterocycles. The molecule has 0 radical (unpaired) electrons. The van der Waals surface area contributed by atoms with Gasteiger partial charge >= 0.3 is 5.97 Å². The molecular formula is C18H26N4O4. The van der Waals surface area contributed by atoms with E-state index in [1.54, 1.807) is 13.8 Å². The Hall–Kier alpha value is -2.64. The largest absolute Gasteiger partial charge is 0.478 e. The number of hydrogen-bond donors (Lipinski definition) is 4. The normalized spacial score (nSPS) is 15.3. The highest BCUT2D eigenvalue weighted by atomic mass is 16.4. The number of carbonyl (C=O) groups is 3. The van der Waals surface area contributed by atoms with Gasteiger partial charge in [0.15, 0.2) is 0 Å². The quantitative estimate of drug-likeness (QED) is 0.612. The minimum atomic E-state index is -1.22. The number of pyridine rings is 1. The summed E-state index contributed by atoms with van der Waals surface area (Å²) in [4.78, 5) is 39.6. The molecule has 0 atom stereocenters. The standard InChI is InChI=1S/C18H26N4O4/c1-18(2,22-16(24)11-6-4-3-5-7-11)8-14(23)21-13-10-20-9-12(15(13)19)17(25)26/h9-11H,3-8H2,1-2H3,(H2,19,20)(H,21,23)(H,22,24)(H,25,26). The molecule has 2 amide bonds. The van der Waals surface area contributed by atoms with Gasteiger partial charge in [0.1, 0.15) is 5.56 Å². The Balaban J connectivity index is 1.96. The maximum atomic E-state index is 12.4. The van der Waals surface area contributed by atoms with Crippen molar-refractivity contribution in [2.75, 3.05) is 11.1 Å². The second-order valence-corrected chi connectivity index (χ2v) is 7.39. The van der Waals surface area contributed by atoms with Gasteiger partial charge in [-0.25, -0.2) is 4.79 Å². The van der Waals surface area contributed by atoms with Crippen LogP contribution < -0.4 is 16.4 Å². The van der Waals surface area contributed by atoms with Crippen molar-refractivity contribution >= 4 is 29.2 Å². The van der Waals surface area contributed by atoms with Gasteiger partial charge in [0.25, 0.3) is 0 Å². The minimum absolute atomic E-state index is 0.0122. The molecule has 0 unspecified atom stereocenters. The molecule has 8 nitrogen and oxygen atoms in total. The number of carbonyl (C=O) groups excluding carboxylic acids is 2. The van der Waals surface area contributed by atoms with E-state index < -0.39 is 11.5 Å². The lowest BCUT2D eigenvalue weighted by molar-refractivity contribution is -0.128. The number of aromatic carboxylic acids is 1. The van der Waals surface area contributed by atoms with E-state index in [2.05, 4.69) is 15.6 Å². The zero-order valence-electron chi connectivity index (χ0n) is 15.2. The Morgan fingerprint density at radius 3 is 2.50 bits per heavy atom. The number of rotatable bonds is 6. The molecule has 0 bridgehead atoms. The summed E-state index contributed by atoms with van der Waals surface area (Å²) in [6.45, 7) is 3.56. The number of amides is 2. The first-order valence-corrected chi connectivity index (χ1v) is 8.78. The molecule has 2 rings (SSSR count). The summed E-state index contributed by atoms with van der Waals surface area (Å²) in [5, 5.41) is 14.6. The molecule has 5 N–H and O–H groups in total. The van der Waals surface area contributed by atoms with Gasteiger partial charge < -0.3 is 21.5 Å². The van der Waals surface area contributed by atoms with E-state index in [1.165, 1.54) is 12.6 Å². The number of anilines is 2. The molecule has 142 valence electrons. The summed E-state index contributed by atoms with van der Waals surface area (Å²) in [5.41, 5.74) is 4.96. The highest BCUT2D eigenvalue weighted by Gasteiger charge is 2.29. The van der Waals surface area contributed by atoms with E-state index in [-0.39, 0.29) is 41.1 Å². The zero-order valence-corrected chi connectivity index (χ0v) is 15.2. The third-order valence-corrected chi connectivity index (χ3v) is 4.53. The van der Waals surface area contributed by atoms with Crippen LogP contribution in [0.4, 0.5) is 11.4 Å². The van der Waals surface area contributed by atoms with Crippen molar-refractivity contribution in [1.29, 1.82) is 0 Å². The number of nitrogens with one attached hydrogen (secondary N) is 2. The molecule has 0 spiro atoms. The number of hydrogen-bond acceptors (Lipinski definition) is 5. The predicted molar refractivity (Wildman–Crippen MR) is 97.7 cm³/mol. The van der Waals surface area contributed by atoms with Crippen molar-refractivity contribution in [3.63, 3.8) is 0 Å². The molecular weight excluding hydrogens is 336 g/mol. The van der Waals surface area contributed by atoms with Crippen LogP contribution in [0.25, 0.3) is 0 Å². The fourth-order valence-electron chi connectivity index (χ4n) is 3.18. The lowest BCUT2D eigenvalue weighted by atomic mass is 9.87. The fraction of sp³-hybridized carbons (Fsp3) is 0.556. The maximum Gasteiger partial charge on any atom is 0.339 e. The zero-order chi connectivity index (χ0) is 19.3. The number of carboxylic acids is 1. The minimum Gasteiger partial charge on any atom is -0.478 e. The molecule has 0 saturated heterocycles. The molecule has 1 heterocycles. The van der Waals surface area contributed by atoms with Gasteiger partial charge in [0, 0.05) is 24.1 Å². The van der Waals surface area contributed by atoms with Crippen LogP contribution in [0.15, 0.2) is 12.4 Å². The third kappa shape index (κ3) is 5.18. The first-order valence-electron chi connectivity index (χ1n) is 8.78. The predicted octanol–water partition coefficient (Wildman–Crippen LogP) is 2.17. The molecule has 0 aromatic carbocycles. The molecule has 1 aromatic rings. The van der Waals surface area contributed by atoms with E-state index in [1.807, 2.05) is 0 Å². The molecule has 0 aliphatic heterocycles. The maximum absolute atomic E-state index is 12.4. The second kappa shape index (κ2) is 8.16. The highest BCUT2D eigenvalue weighted by Crippen LogP contribution is 2.25. The third-order valence-electron chi connectivity index (χ3n) is 4.53. The van der Waals surface area contributed by atoms with E-state index in [0.717, 1.165) is 31.9 Å². The van der Waals surface area contributed by atoms with Crippen LogP contribution in [-0.2, 0) is 9.59 Å². The monoisotopic (exact) mass is 362 g/mol. The Bertz CT molecular complexity index is 696. The molecule has 1 aliphatic rings. The lowest BCUT2D eigenvalue weighted by Crippen LogP contribution is -2.48. The van der Waals surface area contributed by atoms with Crippen molar-refractivity contribution in [3.05, 3.63) is 18.0 Å². The summed E-state index contributed by atoms with van der Waals surface area (Å²) in [6, 6.07) is 0. The lowest BCUT2D eigenvalue weighted by Gasteiger charge is -2.29. The Morgan fingerprint density at radius 1 is 1.23 bits per heavy atom. The topological polar surface area (TPSA) is 134 Å². The summed E-state index contributed by atoms with van der Waals surface area (Å²) < 4.78 is 0. The van der Waals surface area contributed by atoms with Crippen molar-refractivity contribution in [1.82, 2.24) is 10.3 Å². The van der Waals surface area contributed by atoms with Crippen LogP contribution in [0.3, 0.4) is 0 Å². The molecule has 26 heavy (non-hydrogen) atoms. The first kappa shape index (κ1) is 19.7. The summed E-state index contributed by atoms with van der Waals surface area (Å²) in [5.74, 6) is -1.60. The number of nitrogens with zero attached hydrogens (tertiary/aromatic N) is 1. The van der Waals surface area contributed by atoms with Crippen LogP contribution in [0, 0.1) is 5.92 Å².